The predicted molar refractivity (Wildman–Crippen MR) is 86.1 cm³/mol. The van der Waals surface area contributed by atoms with E-state index in [1.54, 1.807) is 12.1 Å². The number of rotatable bonds is 5. The third-order valence-corrected chi connectivity index (χ3v) is 3.99. The number of hydrogen-bond donors (Lipinski definition) is 1. The largest absolute Gasteiger partial charge is 0.364 e. The lowest BCUT2D eigenvalue weighted by Crippen LogP contribution is -2.48. The number of carbonyl (C=O) groups is 1. The summed E-state index contributed by atoms with van der Waals surface area (Å²) in [6.45, 7) is 5.28. The van der Waals surface area contributed by atoms with Gasteiger partial charge in [0.2, 0.25) is 5.91 Å². The van der Waals surface area contributed by atoms with Gasteiger partial charge in [0, 0.05) is 31.6 Å². The van der Waals surface area contributed by atoms with Gasteiger partial charge >= 0.3 is 0 Å². The number of hydrogen-bond acceptors (Lipinski definition) is 4. The second-order valence-corrected chi connectivity index (χ2v) is 5.80. The van der Waals surface area contributed by atoms with Gasteiger partial charge in [-0.3, -0.25) is 14.9 Å². The van der Waals surface area contributed by atoms with Crippen LogP contribution in [0.25, 0.3) is 0 Å². The molecular formula is C16H23N3O3. The van der Waals surface area contributed by atoms with Gasteiger partial charge in [-0.1, -0.05) is 19.1 Å². The lowest BCUT2D eigenvalue weighted by molar-refractivity contribution is -0.384. The Bertz CT molecular complexity index is 560. The van der Waals surface area contributed by atoms with Gasteiger partial charge in [0.25, 0.3) is 5.69 Å². The fraction of sp³-hybridized carbons (Fsp3) is 0.562. The van der Waals surface area contributed by atoms with Crippen LogP contribution in [0.3, 0.4) is 0 Å². The van der Waals surface area contributed by atoms with Crippen LogP contribution in [0.1, 0.15) is 38.2 Å². The Morgan fingerprint density at radius 1 is 1.50 bits per heavy atom. The number of amides is 1. The third kappa shape index (κ3) is 3.75. The summed E-state index contributed by atoms with van der Waals surface area (Å²) in [5.41, 5.74) is 1.72. The van der Waals surface area contributed by atoms with Gasteiger partial charge in [-0.05, 0) is 31.7 Å². The first-order chi connectivity index (χ1) is 10.5. The van der Waals surface area contributed by atoms with Crippen LogP contribution in [0.4, 0.5) is 11.4 Å². The van der Waals surface area contributed by atoms with E-state index >= 15 is 0 Å². The quantitative estimate of drug-likeness (QED) is 0.670. The number of nitrogens with one attached hydrogen (secondary N) is 1. The molecule has 1 N–H and O–H groups in total. The molecule has 1 aliphatic heterocycles. The number of piperidine rings is 1. The molecule has 0 aromatic heterocycles. The number of nitrogens with zero attached hydrogens (tertiary/aromatic N) is 2. The Hall–Kier alpha value is -2.11. The van der Waals surface area contributed by atoms with Crippen LogP contribution in [-0.4, -0.2) is 30.0 Å². The Kier molecular flexibility index (Phi) is 5.35. The standard InChI is InChI=1S/C16H23N3O3/c1-3-6-15(20)17-13-8-5-10-18(11-13)16-12(2)7-4-9-14(16)19(21)22/h4,7,9,13H,3,5-6,8,10-11H2,1-2H3,(H,17,20). The maximum Gasteiger partial charge on any atom is 0.292 e. The Labute approximate surface area is 130 Å². The van der Waals surface area contributed by atoms with E-state index < -0.39 is 0 Å². The molecule has 1 aliphatic rings. The predicted octanol–water partition coefficient (Wildman–Crippen LogP) is 2.79. The average Bonchev–Trinajstić information content (AvgIpc) is 2.47. The fourth-order valence-corrected chi connectivity index (χ4v) is 3.03. The van der Waals surface area contributed by atoms with Crippen molar-refractivity contribution in [2.75, 3.05) is 18.0 Å². The Morgan fingerprint density at radius 3 is 2.95 bits per heavy atom. The summed E-state index contributed by atoms with van der Waals surface area (Å²) in [5, 5.41) is 14.3. The third-order valence-electron chi connectivity index (χ3n) is 3.99. The van der Waals surface area contributed by atoms with Crippen molar-refractivity contribution in [2.45, 2.75) is 45.6 Å². The van der Waals surface area contributed by atoms with E-state index in [0.29, 0.717) is 18.7 Å². The van der Waals surface area contributed by atoms with E-state index in [9.17, 15) is 14.9 Å². The van der Waals surface area contributed by atoms with Crippen LogP contribution >= 0.6 is 0 Å². The van der Waals surface area contributed by atoms with Gasteiger partial charge in [0.15, 0.2) is 0 Å². The van der Waals surface area contributed by atoms with Crippen LogP contribution in [0, 0.1) is 17.0 Å². The number of para-hydroxylation sites is 1. The highest BCUT2D eigenvalue weighted by molar-refractivity contribution is 5.76. The van der Waals surface area contributed by atoms with Gasteiger partial charge in [0.1, 0.15) is 5.69 Å². The van der Waals surface area contributed by atoms with Crippen molar-refractivity contribution in [1.29, 1.82) is 0 Å². The molecule has 1 atom stereocenters. The van der Waals surface area contributed by atoms with E-state index in [0.717, 1.165) is 31.4 Å². The molecule has 0 bridgehead atoms. The van der Waals surface area contributed by atoms with Crippen LogP contribution in [0.15, 0.2) is 18.2 Å². The minimum Gasteiger partial charge on any atom is -0.364 e. The molecule has 6 nitrogen and oxygen atoms in total. The molecule has 1 fully saturated rings. The van der Waals surface area contributed by atoms with E-state index in [-0.39, 0.29) is 22.6 Å². The smallest absolute Gasteiger partial charge is 0.292 e. The van der Waals surface area contributed by atoms with Crippen LogP contribution in [-0.2, 0) is 4.79 Å². The molecule has 1 aromatic rings. The second kappa shape index (κ2) is 7.24. The first kappa shape index (κ1) is 16.3. The Balaban J connectivity index is 2.16. The minimum absolute atomic E-state index is 0.0620. The number of nitro benzene ring substituents is 1. The lowest BCUT2D eigenvalue weighted by Gasteiger charge is -2.35. The van der Waals surface area contributed by atoms with E-state index in [1.165, 1.54) is 0 Å². The van der Waals surface area contributed by atoms with E-state index in [2.05, 4.69) is 5.32 Å². The normalized spacial score (nSPS) is 18.1. The number of benzene rings is 1. The summed E-state index contributed by atoms with van der Waals surface area (Å²) in [4.78, 5) is 24.7. The summed E-state index contributed by atoms with van der Waals surface area (Å²) in [5.74, 6) is 0.0635. The van der Waals surface area contributed by atoms with Crippen LogP contribution in [0.5, 0.6) is 0 Å². The molecule has 120 valence electrons. The second-order valence-electron chi connectivity index (χ2n) is 5.80. The highest BCUT2D eigenvalue weighted by atomic mass is 16.6. The molecule has 1 unspecified atom stereocenters. The van der Waals surface area contributed by atoms with Crippen molar-refractivity contribution in [2.24, 2.45) is 0 Å². The molecule has 1 aromatic carbocycles. The molecule has 0 saturated carbocycles. The maximum absolute atomic E-state index is 11.8. The molecule has 1 amide bonds. The summed E-state index contributed by atoms with van der Waals surface area (Å²) in [6.07, 6.45) is 3.20. The zero-order valence-electron chi connectivity index (χ0n) is 13.2. The number of aryl methyl sites for hydroxylation is 1. The molecule has 0 spiro atoms. The molecule has 0 aliphatic carbocycles. The van der Waals surface area contributed by atoms with E-state index in [1.807, 2.05) is 24.8 Å². The summed E-state index contributed by atoms with van der Waals surface area (Å²) < 4.78 is 0. The van der Waals surface area contributed by atoms with Crippen molar-refractivity contribution in [3.8, 4) is 0 Å². The SMILES string of the molecule is CCCC(=O)NC1CCCN(c2c(C)cccc2[N+](=O)[O-])C1. The highest BCUT2D eigenvalue weighted by Crippen LogP contribution is 2.33. The maximum atomic E-state index is 11.8. The average molecular weight is 305 g/mol. The molecule has 6 heteroatoms. The number of nitro groups is 1. The van der Waals surface area contributed by atoms with Crippen LogP contribution < -0.4 is 10.2 Å². The number of carbonyl (C=O) groups excluding carboxylic acids is 1. The van der Waals surface area contributed by atoms with Gasteiger partial charge < -0.3 is 10.2 Å². The van der Waals surface area contributed by atoms with Crippen molar-refractivity contribution in [3.63, 3.8) is 0 Å². The summed E-state index contributed by atoms with van der Waals surface area (Å²) >= 11 is 0. The van der Waals surface area contributed by atoms with E-state index in [4.69, 9.17) is 0 Å². The van der Waals surface area contributed by atoms with Gasteiger partial charge in [-0.15, -0.1) is 0 Å². The van der Waals surface area contributed by atoms with Gasteiger partial charge in [-0.2, -0.15) is 0 Å². The first-order valence-electron chi connectivity index (χ1n) is 7.81. The lowest BCUT2D eigenvalue weighted by atomic mass is 10.0. The fourth-order valence-electron chi connectivity index (χ4n) is 3.03. The highest BCUT2D eigenvalue weighted by Gasteiger charge is 2.27. The van der Waals surface area contributed by atoms with Gasteiger partial charge in [-0.25, -0.2) is 0 Å². The monoisotopic (exact) mass is 305 g/mol. The molecule has 1 saturated heterocycles. The van der Waals surface area contributed by atoms with Crippen molar-refractivity contribution in [1.82, 2.24) is 5.32 Å². The van der Waals surface area contributed by atoms with Gasteiger partial charge in [0.05, 0.1) is 4.92 Å². The summed E-state index contributed by atoms with van der Waals surface area (Å²) in [6, 6.07) is 5.21. The minimum atomic E-state index is -0.332. The van der Waals surface area contributed by atoms with Crippen molar-refractivity contribution < 1.29 is 9.72 Å². The molecular weight excluding hydrogens is 282 g/mol. The van der Waals surface area contributed by atoms with Crippen molar-refractivity contribution in [3.05, 3.63) is 33.9 Å². The molecule has 22 heavy (non-hydrogen) atoms. The zero-order valence-corrected chi connectivity index (χ0v) is 13.2. The Morgan fingerprint density at radius 2 is 2.27 bits per heavy atom. The first-order valence-corrected chi connectivity index (χ1v) is 7.81. The van der Waals surface area contributed by atoms with Crippen molar-refractivity contribution >= 4 is 17.3 Å². The van der Waals surface area contributed by atoms with Crippen LogP contribution in [0.2, 0.25) is 0 Å². The molecule has 0 radical (unpaired) electrons. The molecule has 2 rings (SSSR count). The zero-order chi connectivity index (χ0) is 16.1. The summed E-state index contributed by atoms with van der Waals surface area (Å²) in [7, 11) is 0. The number of anilines is 1. The molecule has 1 heterocycles. The topological polar surface area (TPSA) is 75.5 Å².